The highest BCUT2D eigenvalue weighted by molar-refractivity contribution is 9.13. The van der Waals surface area contributed by atoms with E-state index in [1.165, 1.54) is 5.57 Å². The standard InChI is InChI=1S/C12H17Br2NO2/c1-3-9(8-15-4-5-16-2)6-10-7-11(13)12(14)17-10/h6-7,15H,3-5,8H2,1-2H3. The number of ether oxygens (including phenoxy) is 1. The van der Waals surface area contributed by atoms with Crippen molar-refractivity contribution in [2.45, 2.75) is 13.3 Å². The van der Waals surface area contributed by atoms with Crippen molar-refractivity contribution in [1.82, 2.24) is 5.32 Å². The maximum absolute atomic E-state index is 5.52. The molecule has 1 N–H and O–H groups in total. The molecule has 17 heavy (non-hydrogen) atoms. The maximum Gasteiger partial charge on any atom is 0.184 e. The Bertz CT molecular complexity index is 355. The van der Waals surface area contributed by atoms with Gasteiger partial charge in [0.25, 0.3) is 0 Å². The van der Waals surface area contributed by atoms with Crippen LogP contribution in [0.3, 0.4) is 0 Å². The number of rotatable bonds is 7. The summed E-state index contributed by atoms with van der Waals surface area (Å²) in [7, 11) is 1.70. The molecule has 3 nitrogen and oxygen atoms in total. The average molecular weight is 367 g/mol. The van der Waals surface area contributed by atoms with Crippen molar-refractivity contribution in [2.75, 3.05) is 26.8 Å². The summed E-state index contributed by atoms with van der Waals surface area (Å²) in [6.07, 6.45) is 3.06. The largest absolute Gasteiger partial charge is 0.449 e. The summed E-state index contributed by atoms with van der Waals surface area (Å²) in [6, 6.07) is 1.95. The van der Waals surface area contributed by atoms with E-state index in [2.05, 4.69) is 50.2 Å². The van der Waals surface area contributed by atoms with Crippen LogP contribution < -0.4 is 5.32 Å². The Hall–Kier alpha value is -0.100. The van der Waals surface area contributed by atoms with Gasteiger partial charge < -0.3 is 14.5 Å². The Kier molecular flexibility index (Phi) is 7.11. The molecular formula is C12H17Br2NO2. The van der Waals surface area contributed by atoms with E-state index >= 15 is 0 Å². The first-order valence-corrected chi connectivity index (χ1v) is 7.10. The smallest absolute Gasteiger partial charge is 0.184 e. The molecule has 1 aromatic heterocycles. The Morgan fingerprint density at radius 2 is 2.29 bits per heavy atom. The van der Waals surface area contributed by atoms with Crippen molar-refractivity contribution in [1.29, 1.82) is 0 Å². The number of nitrogens with one attached hydrogen (secondary N) is 1. The van der Waals surface area contributed by atoms with E-state index in [1.807, 2.05) is 6.07 Å². The quantitative estimate of drug-likeness (QED) is 0.744. The van der Waals surface area contributed by atoms with Crippen LogP contribution in [0.2, 0.25) is 0 Å². The second-order valence-electron chi connectivity index (χ2n) is 3.60. The van der Waals surface area contributed by atoms with Crippen LogP contribution in [0.5, 0.6) is 0 Å². The number of methoxy groups -OCH3 is 1. The minimum atomic E-state index is 0.728. The van der Waals surface area contributed by atoms with Crippen molar-refractivity contribution in [3.05, 3.63) is 26.5 Å². The fourth-order valence-corrected chi connectivity index (χ4v) is 1.94. The molecule has 0 aromatic carbocycles. The summed E-state index contributed by atoms with van der Waals surface area (Å²) >= 11 is 6.73. The molecule has 0 saturated heterocycles. The second kappa shape index (κ2) is 8.08. The molecular weight excluding hydrogens is 350 g/mol. The normalized spacial score (nSPS) is 12.1. The van der Waals surface area contributed by atoms with E-state index < -0.39 is 0 Å². The van der Waals surface area contributed by atoms with Crippen molar-refractivity contribution < 1.29 is 9.15 Å². The Morgan fingerprint density at radius 1 is 1.53 bits per heavy atom. The number of furan rings is 1. The maximum atomic E-state index is 5.52. The SMILES string of the molecule is CCC(=Cc1cc(Br)c(Br)o1)CNCCOC. The van der Waals surface area contributed by atoms with E-state index in [4.69, 9.17) is 9.15 Å². The minimum absolute atomic E-state index is 0.728. The first-order valence-electron chi connectivity index (χ1n) is 5.51. The van der Waals surface area contributed by atoms with Gasteiger partial charge >= 0.3 is 0 Å². The molecule has 0 aliphatic rings. The van der Waals surface area contributed by atoms with Crippen LogP contribution in [0.25, 0.3) is 6.08 Å². The average Bonchev–Trinajstić information content (AvgIpc) is 2.62. The monoisotopic (exact) mass is 365 g/mol. The minimum Gasteiger partial charge on any atom is -0.449 e. The molecule has 0 spiro atoms. The van der Waals surface area contributed by atoms with E-state index in [-0.39, 0.29) is 0 Å². The molecule has 1 rings (SSSR count). The van der Waals surface area contributed by atoms with Crippen molar-refractivity contribution in [2.24, 2.45) is 0 Å². The third kappa shape index (κ3) is 5.38. The first kappa shape index (κ1) is 15.0. The molecule has 0 fully saturated rings. The van der Waals surface area contributed by atoms with Crippen LogP contribution in [-0.2, 0) is 4.74 Å². The van der Waals surface area contributed by atoms with Gasteiger partial charge in [-0.1, -0.05) is 12.5 Å². The summed E-state index contributed by atoms with van der Waals surface area (Å²) in [5.41, 5.74) is 1.30. The van der Waals surface area contributed by atoms with Gasteiger partial charge in [-0.25, -0.2) is 0 Å². The molecule has 0 unspecified atom stereocenters. The van der Waals surface area contributed by atoms with Crippen LogP contribution in [0, 0.1) is 0 Å². The predicted octanol–water partition coefficient (Wildman–Crippen LogP) is 3.83. The van der Waals surface area contributed by atoms with Gasteiger partial charge in [0.1, 0.15) is 5.76 Å². The number of hydrogen-bond donors (Lipinski definition) is 1. The zero-order valence-corrected chi connectivity index (χ0v) is 13.2. The molecule has 0 aliphatic heterocycles. The molecule has 0 radical (unpaired) electrons. The van der Waals surface area contributed by atoms with Crippen LogP contribution in [-0.4, -0.2) is 26.8 Å². The number of halogens is 2. The predicted molar refractivity (Wildman–Crippen MR) is 77.1 cm³/mol. The summed E-state index contributed by atoms with van der Waals surface area (Å²) in [5, 5.41) is 3.32. The van der Waals surface area contributed by atoms with Crippen LogP contribution >= 0.6 is 31.9 Å². The van der Waals surface area contributed by atoms with E-state index in [0.29, 0.717) is 0 Å². The van der Waals surface area contributed by atoms with E-state index in [1.54, 1.807) is 7.11 Å². The van der Waals surface area contributed by atoms with Gasteiger partial charge in [-0.15, -0.1) is 0 Å². The summed E-state index contributed by atoms with van der Waals surface area (Å²) in [6.45, 7) is 4.58. The molecule has 0 amide bonds. The summed E-state index contributed by atoms with van der Waals surface area (Å²) in [4.78, 5) is 0. The molecule has 0 atom stereocenters. The summed E-state index contributed by atoms with van der Waals surface area (Å²) < 4.78 is 12.2. The lowest BCUT2D eigenvalue weighted by Crippen LogP contribution is -2.21. The van der Waals surface area contributed by atoms with Gasteiger partial charge in [0, 0.05) is 20.2 Å². The fraction of sp³-hybridized carbons (Fsp3) is 0.500. The van der Waals surface area contributed by atoms with Crippen molar-refractivity contribution in [3.63, 3.8) is 0 Å². The molecule has 0 bridgehead atoms. The van der Waals surface area contributed by atoms with E-state index in [9.17, 15) is 0 Å². The van der Waals surface area contributed by atoms with Crippen LogP contribution in [0.4, 0.5) is 0 Å². The Morgan fingerprint density at radius 3 is 2.82 bits per heavy atom. The lowest BCUT2D eigenvalue weighted by Gasteiger charge is -2.06. The highest BCUT2D eigenvalue weighted by Gasteiger charge is 2.04. The lowest BCUT2D eigenvalue weighted by molar-refractivity contribution is 0.200. The molecule has 1 aromatic rings. The lowest BCUT2D eigenvalue weighted by atomic mass is 10.1. The highest BCUT2D eigenvalue weighted by Crippen LogP contribution is 2.28. The van der Waals surface area contributed by atoms with Gasteiger partial charge in [0.15, 0.2) is 4.67 Å². The Labute approximate surface area is 119 Å². The summed E-state index contributed by atoms with van der Waals surface area (Å²) in [5.74, 6) is 0.856. The Balaban J connectivity index is 2.54. The van der Waals surface area contributed by atoms with Crippen molar-refractivity contribution >= 4 is 37.9 Å². The van der Waals surface area contributed by atoms with Crippen molar-refractivity contribution in [3.8, 4) is 0 Å². The zero-order valence-electron chi connectivity index (χ0n) is 10.1. The molecule has 1 heterocycles. The van der Waals surface area contributed by atoms with Gasteiger partial charge in [0.2, 0.25) is 0 Å². The molecule has 5 heteroatoms. The molecule has 0 aliphatic carbocycles. The fourth-order valence-electron chi connectivity index (χ4n) is 1.34. The topological polar surface area (TPSA) is 34.4 Å². The first-order chi connectivity index (χ1) is 8.17. The zero-order chi connectivity index (χ0) is 12.7. The second-order valence-corrected chi connectivity index (χ2v) is 5.17. The van der Waals surface area contributed by atoms with Gasteiger partial charge in [-0.2, -0.15) is 0 Å². The van der Waals surface area contributed by atoms with E-state index in [0.717, 1.165) is 41.0 Å². The van der Waals surface area contributed by atoms with Crippen LogP contribution in [0.1, 0.15) is 19.1 Å². The molecule has 96 valence electrons. The third-order valence-corrected chi connectivity index (χ3v) is 4.01. The van der Waals surface area contributed by atoms with Gasteiger partial charge in [-0.05, 0) is 50.4 Å². The van der Waals surface area contributed by atoms with Gasteiger partial charge in [-0.3, -0.25) is 0 Å². The molecule has 0 saturated carbocycles. The number of hydrogen-bond acceptors (Lipinski definition) is 3. The van der Waals surface area contributed by atoms with Gasteiger partial charge in [0.05, 0.1) is 11.1 Å². The third-order valence-electron chi connectivity index (χ3n) is 2.30. The highest BCUT2D eigenvalue weighted by atomic mass is 79.9. The van der Waals surface area contributed by atoms with Crippen LogP contribution in [0.15, 0.2) is 25.2 Å².